The molecule has 1 aromatic heterocycles. The van der Waals surface area contributed by atoms with Crippen molar-refractivity contribution in [3.05, 3.63) is 24.3 Å². The molecular formula is C17H23N7O3S2. The van der Waals surface area contributed by atoms with Crippen LogP contribution in [0.15, 0.2) is 34.3 Å². The highest BCUT2D eigenvalue weighted by atomic mass is 32.2. The van der Waals surface area contributed by atoms with Crippen LogP contribution in [0, 0.1) is 11.3 Å². The minimum absolute atomic E-state index is 0.0637. The molecule has 1 atom stereocenters. The van der Waals surface area contributed by atoms with Crippen molar-refractivity contribution in [2.75, 3.05) is 29.9 Å². The SMILES string of the molecule is CCN(CC)S(=O)(=O)c1ccc(NC(=O)C(C)n2c(N)nnc2SCC#N)cc1. The molecule has 0 fully saturated rings. The van der Waals surface area contributed by atoms with E-state index in [0.29, 0.717) is 23.9 Å². The number of anilines is 2. The van der Waals surface area contributed by atoms with Crippen LogP contribution in [0.2, 0.25) is 0 Å². The molecule has 0 saturated carbocycles. The van der Waals surface area contributed by atoms with Crippen molar-refractivity contribution in [3.8, 4) is 6.07 Å². The van der Waals surface area contributed by atoms with E-state index in [1.807, 2.05) is 6.07 Å². The summed E-state index contributed by atoms with van der Waals surface area (Å²) >= 11 is 1.13. The molecule has 2 rings (SSSR count). The van der Waals surface area contributed by atoms with Gasteiger partial charge in [-0.2, -0.15) is 9.57 Å². The smallest absolute Gasteiger partial charge is 0.247 e. The van der Waals surface area contributed by atoms with Gasteiger partial charge in [-0.05, 0) is 31.2 Å². The topological polar surface area (TPSA) is 147 Å². The Bertz CT molecular complexity index is 993. The van der Waals surface area contributed by atoms with Gasteiger partial charge in [0.1, 0.15) is 6.04 Å². The first kappa shape index (κ1) is 22.7. The van der Waals surface area contributed by atoms with Gasteiger partial charge in [0.25, 0.3) is 0 Å². The quantitative estimate of drug-likeness (QED) is 0.563. The third-order valence-corrected chi connectivity index (χ3v) is 7.06. The Morgan fingerprint density at radius 2 is 1.93 bits per heavy atom. The van der Waals surface area contributed by atoms with Crippen LogP contribution in [0.4, 0.5) is 11.6 Å². The molecule has 12 heteroatoms. The predicted octanol–water partition coefficient (Wildman–Crippen LogP) is 1.71. The van der Waals surface area contributed by atoms with E-state index in [1.165, 1.54) is 33.1 Å². The normalized spacial score (nSPS) is 12.5. The van der Waals surface area contributed by atoms with Crippen LogP contribution >= 0.6 is 11.8 Å². The zero-order valence-corrected chi connectivity index (χ0v) is 18.0. The summed E-state index contributed by atoms with van der Waals surface area (Å²) in [7, 11) is -3.56. The Morgan fingerprint density at radius 3 is 2.48 bits per heavy atom. The summed E-state index contributed by atoms with van der Waals surface area (Å²) in [4.78, 5) is 12.8. The number of rotatable bonds is 9. The van der Waals surface area contributed by atoms with Crippen LogP contribution in [0.5, 0.6) is 0 Å². The Kier molecular flexibility index (Phi) is 7.60. The van der Waals surface area contributed by atoms with Crippen molar-refractivity contribution < 1.29 is 13.2 Å². The highest BCUT2D eigenvalue weighted by molar-refractivity contribution is 7.99. The van der Waals surface area contributed by atoms with E-state index in [1.54, 1.807) is 20.8 Å². The first-order chi connectivity index (χ1) is 13.8. The minimum atomic E-state index is -3.56. The molecule has 0 radical (unpaired) electrons. The summed E-state index contributed by atoms with van der Waals surface area (Å²) < 4.78 is 27.9. The summed E-state index contributed by atoms with van der Waals surface area (Å²) in [5, 5.41) is 19.5. The number of amides is 1. The monoisotopic (exact) mass is 437 g/mol. The number of nitrogens with two attached hydrogens (primary N) is 1. The minimum Gasteiger partial charge on any atom is -0.368 e. The number of nitriles is 1. The predicted molar refractivity (Wildman–Crippen MR) is 111 cm³/mol. The Balaban J connectivity index is 2.16. The van der Waals surface area contributed by atoms with Gasteiger partial charge >= 0.3 is 0 Å². The molecule has 1 aromatic carbocycles. The van der Waals surface area contributed by atoms with E-state index in [4.69, 9.17) is 11.0 Å². The Hall–Kier alpha value is -2.62. The number of carbonyl (C=O) groups is 1. The second-order valence-electron chi connectivity index (χ2n) is 5.94. The van der Waals surface area contributed by atoms with Crippen molar-refractivity contribution in [2.45, 2.75) is 36.9 Å². The van der Waals surface area contributed by atoms with E-state index in [9.17, 15) is 13.2 Å². The molecule has 2 aromatic rings. The van der Waals surface area contributed by atoms with E-state index in [-0.39, 0.29) is 22.5 Å². The standard InChI is InChI=1S/C17H23N7O3S2/c1-4-23(5-2)29(26,27)14-8-6-13(7-9-14)20-15(25)12(3)24-16(19)21-22-17(24)28-11-10-18/h6-9,12H,4-5,11H2,1-3H3,(H2,19,21)(H,20,25). The van der Waals surface area contributed by atoms with Crippen LogP contribution in [0.3, 0.4) is 0 Å². The van der Waals surface area contributed by atoms with Crippen LogP contribution in [-0.2, 0) is 14.8 Å². The number of benzene rings is 1. The number of aromatic nitrogens is 3. The van der Waals surface area contributed by atoms with Crippen molar-refractivity contribution in [1.29, 1.82) is 5.26 Å². The van der Waals surface area contributed by atoms with Crippen molar-refractivity contribution in [3.63, 3.8) is 0 Å². The lowest BCUT2D eigenvalue weighted by Gasteiger charge is -2.19. The van der Waals surface area contributed by atoms with Gasteiger partial charge < -0.3 is 11.1 Å². The average molecular weight is 438 g/mol. The maximum Gasteiger partial charge on any atom is 0.247 e. The molecule has 1 unspecified atom stereocenters. The lowest BCUT2D eigenvalue weighted by atomic mass is 10.2. The van der Waals surface area contributed by atoms with Crippen molar-refractivity contribution in [1.82, 2.24) is 19.1 Å². The van der Waals surface area contributed by atoms with Crippen LogP contribution in [0.1, 0.15) is 26.8 Å². The summed E-state index contributed by atoms with van der Waals surface area (Å²) in [6, 6.07) is 7.22. The molecule has 10 nitrogen and oxygen atoms in total. The molecule has 3 N–H and O–H groups in total. The van der Waals surface area contributed by atoms with Crippen molar-refractivity contribution in [2.24, 2.45) is 0 Å². The zero-order chi connectivity index (χ0) is 21.6. The van der Waals surface area contributed by atoms with Gasteiger partial charge in [-0.3, -0.25) is 9.36 Å². The number of hydrogen-bond acceptors (Lipinski definition) is 8. The molecule has 0 aliphatic rings. The second-order valence-corrected chi connectivity index (χ2v) is 8.82. The van der Waals surface area contributed by atoms with Crippen LogP contribution in [-0.4, -0.2) is 52.2 Å². The lowest BCUT2D eigenvalue weighted by molar-refractivity contribution is -0.118. The molecular weight excluding hydrogens is 414 g/mol. The molecule has 0 spiro atoms. The van der Waals surface area contributed by atoms with E-state index in [0.717, 1.165) is 11.8 Å². The molecule has 0 aliphatic heterocycles. The van der Waals surface area contributed by atoms with Crippen LogP contribution in [0.25, 0.3) is 0 Å². The summed E-state index contributed by atoms with van der Waals surface area (Å²) in [5.41, 5.74) is 6.25. The summed E-state index contributed by atoms with van der Waals surface area (Å²) in [6.45, 7) is 5.93. The second kappa shape index (κ2) is 9.73. The maximum atomic E-state index is 12.6. The first-order valence-corrected chi connectivity index (χ1v) is 11.3. The first-order valence-electron chi connectivity index (χ1n) is 8.87. The number of nitrogens with one attached hydrogen (secondary N) is 1. The zero-order valence-electron chi connectivity index (χ0n) is 16.4. The number of thioether (sulfide) groups is 1. The Labute approximate surface area is 174 Å². The highest BCUT2D eigenvalue weighted by Gasteiger charge is 2.24. The lowest BCUT2D eigenvalue weighted by Crippen LogP contribution is -2.30. The molecule has 0 aliphatic carbocycles. The molecule has 29 heavy (non-hydrogen) atoms. The van der Waals surface area contributed by atoms with Gasteiger partial charge in [0.15, 0.2) is 5.16 Å². The largest absolute Gasteiger partial charge is 0.368 e. The van der Waals surface area contributed by atoms with E-state index >= 15 is 0 Å². The molecule has 156 valence electrons. The fraction of sp³-hybridized carbons (Fsp3) is 0.412. The van der Waals surface area contributed by atoms with Crippen LogP contribution < -0.4 is 11.1 Å². The van der Waals surface area contributed by atoms with Gasteiger partial charge in [-0.15, -0.1) is 10.2 Å². The highest BCUT2D eigenvalue weighted by Crippen LogP contribution is 2.24. The third-order valence-electron chi connectivity index (χ3n) is 4.19. The fourth-order valence-electron chi connectivity index (χ4n) is 2.63. The number of nitrogens with zero attached hydrogens (tertiary/aromatic N) is 5. The Morgan fingerprint density at radius 1 is 1.31 bits per heavy atom. The molecule has 1 amide bonds. The van der Waals surface area contributed by atoms with Gasteiger partial charge in [-0.25, -0.2) is 8.42 Å². The fourth-order valence-corrected chi connectivity index (χ4v) is 4.78. The van der Waals surface area contributed by atoms with Gasteiger partial charge in [0.05, 0.1) is 16.7 Å². The van der Waals surface area contributed by atoms with E-state index in [2.05, 4.69) is 15.5 Å². The number of sulfonamides is 1. The number of carbonyl (C=O) groups excluding carboxylic acids is 1. The molecule has 0 saturated heterocycles. The maximum absolute atomic E-state index is 12.6. The van der Waals surface area contributed by atoms with Gasteiger partial charge in [-0.1, -0.05) is 25.6 Å². The summed E-state index contributed by atoms with van der Waals surface area (Å²) in [5.74, 6) is -0.169. The van der Waals surface area contributed by atoms with Gasteiger partial charge in [0, 0.05) is 18.8 Å². The van der Waals surface area contributed by atoms with E-state index < -0.39 is 16.1 Å². The molecule has 1 heterocycles. The number of nitrogen functional groups attached to an aromatic ring is 1. The average Bonchev–Trinajstić information content (AvgIpc) is 3.07. The molecule has 0 bridgehead atoms. The van der Waals surface area contributed by atoms with Crippen molar-refractivity contribution >= 4 is 39.3 Å². The van der Waals surface area contributed by atoms with Gasteiger partial charge in [0.2, 0.25) is 21.9 Å². The summed E-state index contributed by atoms with van der Waals surface area (Å²) in [6.07, 6.45) is 0. The number of hydrogen-bond donors (Lipinski definition) is 2. The third kappa shape index (κ3) is 5.06.